The van der Waals surface area contributed by atoms with Crippen molar-refractivity contribution in [3.63, 3.8) is 0 Å². The van der Waals surface area contributed by atoms with Crippen LogP contribution in [0.2, 0.25) is 0 Å². The van der Waals surface area contributed by atoms with Crippen LogP contribution in [0, 0.1) is 0 Å². The van der Waals surface area contributed by atoms with Crippen molar-refractivity contribution in [2.45, 2.75) is 6.10 Å². The topological polar surface area (TPSA) is 96.7 Å². The van der Waals surface area contributed by atoms with E-state index in [-0.39, 0.29) is 24.7 Å². The number of aromatic hydroxyl groups is 1. The number of hydrogen-bond donors (Lipinski definition) is 3. The molecule has 0 radical (unpaired) electrons. The molecule has 1 rings (SSSR count). The van der Waals surface area contributed by atoms with Crippen LogP contribution in [0.3, 0.4) is 0 Å². The highest BCUT2D eigenvalue weighted by Crippen LogP contribution is 2.11. The summed E-state index contributed by atoms with van der Waals surface area (Å²) in [5.74, 6) is -0.428. The molecule has 0 amide bonds. The van der Waals surface area contributed by atoms with Crippen LogP contribution in [0.25, 0.3) is 0 Å². The summed E-state index contributed by atoms with van der Waals surface area (Å²) in [7, 11) is 0. The number of rotatable bonds is 2. The van der Waals surface area contributed by atoms with Gasteiger partial charge >= 0.3 is 0 Å². The molecule has 4 N–H and O–H groups in total. The van der Waals surface area contributed by atoms with Crippen molar-refractivity contribution in [2.75, 3.05) is 6.54 Å². The number of aliphatic hydroxyl groups is 1. The number of hydrogen-bond acceptors (Lipinski definition) is 5. The van der Waals surface area contributed by atoms with Gasteiger partial charge in [-0.1, -0.05) is 0 Å². The average Bonchev–Trinajstić information content (AvgIpc) is 2.08. The first-order valence-corrected chi connectivity index (χ1v) is 3.35. The molecule has 0 saturated heterocycles. The molecule has 0 aliphatic carbocycles. The molecule has 6 heteroatoms. The second-order valence-electron chi connectivity index (χ2n) is 2.28. The Labute approximate surface area is 80.2 Å². The highest BCUT2D eigenvalue weighted by atomic mass is 35.5. The first-order chi connectivity index (χ1) is 5.65. The third-order valence-electron chi connectivity index (χ3n) is 1.38. The Morgan fingerprint density at radius 3 is 2.69 bits per heavy atom. The molecule has 1 aromatic heterocycles. The zero-order chi connectivity index (χ0) is 9.14. The van der Waals surface area contributed by atoms with Gasteiger partial charge in [-0.25, -0.2) is 0 Å². The van der Waals surface area contributed by atoms with Gasteiger partial charge in [0, 0.05) is 12.6 Å². The molecule has 13 heavy (non-hydrogen) atoms. The lowest BCUT2D eigenvalue weighted by Gasteiger charge is -2.04. The monoisotopic (exact) mass is 207 g/mol. The fraction of sp³-hybridized carbons (Fsp3) is 0.286. The fourth-order valence-corrected chi connectivity index (χ4v) is 0.710. The highest BCUT2D eigenvalue weighted by Gasteiger charge is 2.09. The predicted molar refractivity (Wildman–Crippen MR) is 47.9 cm³/mol. The maximum atomic E-state index is 10.8. The Balaban J connectivity index is 0.00000144. The lowest BCUT2D eigenvalue weighted by molar-refractivity contribution is 0.154. The summed E-state index contributed by atoms with van der Waals surface area (Å²) in [6.07, 6.45) is -0.130. The molecule has 0 aromatic carbocycles. The minimum absolute atomic E-state index is 0. The summed E-state index contributed by atoms with van der Waals surface area (Å²) in [5.41, 5.74) is 4.52. The van der Waals surface area contributed by atoms with Crippen LogP contribution in [0.1, 0.15) is 11.9 Å². The van der Waals surface area contributed by atoms with Crippen LogP contribution in [0.15, 0.2) is 21.5 Å². The van der Waals surface area contributed by atoms with Crippen LogP contribution >= 0.6 is 12.4 Å². The summed E-state index contributed by atoms with van der Waals surface area (Å²) in [6, 6.07) is 1.01. The zero-order valence-corrected chi connectivity index (χ0v) is 7.45. The maximum absolute atomic E-state index is 10.8. The van der Waals surface area contributed by atoms with Gasteiger partial charge in [0.15, 0.2) is 5.75 Å². The smallest absolute Gasteiger partial charge is 0.226 e. The predicted octanol–water partition coefficient (Wildman–Crippen LogP) is -0.241. The molecule has 1 aromatic rings. The molecule has 1 atom stereocenters. The van der Waals surface area contributed by atoms with Crippen LogP contribution in [0.4, 0.5) is 0 Å². The van der Waals surface area contributed by atoms with Crippen molar-refractivity contribution in [3.8, 4) is 5.75 Å². The van der Waals surface area contributed by atoms with Gasteiger partial charge in [0.2, 0.25) is 5.43 Å². The van der Waals surface area contributed by atoms with E-state index in [1.807, 2.05) is 0 Å². The third kappa shape index (κ3) is 2.73. The normalized spacial score (nSPS) is 11.8. The van der Waals surface area contributed by atoms with Gasteiger partial charge in [0.05, 0.1) is 0 Å². The minimum Gasteiger partial charge on any atom is -0.502 e. The fourth-order valence-electron chi connectivity index (χ4n) is 0.710. The molecule has 1 heterocycles. The lowest BCUT2D eigenvalue weighted by atomic mass is 10.2. The standard InChI is InChI=1S/C7H9NO4.ClH/c8-2-5(10)7-1-4(9)6(11)3-12-7;/h1,3,5,10-11H,2,8H2;1H. The lowest BCUT2D eigenvalue weighted by Crippen LogP contribution is -2.13. The second kappa shape index (κ2) is 4.86. The van der Waals surface area contributed by atoms with E-state index in [2.05, 4.69) is 0 Å². The first kappa shape index (κ1) is 12.0. The number of nitrogens with two attached hydrogens (primary N) is 1. The van der Waals surface area contributed by atoms with Crippen LogP contribution in [0.5, 0.6) is 5.75 Å². The molecule has 0 aliphatic rings. The quantitative estimate of drug-likeness (QED) is 0.622. The Morgan fingerprint density at radius 2 is 2.23 bits per heavy atom. The molecule has 0 saturated carbocycles. The largest absolute Gasteiger partial charge is 0.502 e. The van der Waals surface area contributed by atoms with Crippen molar-refractivity contribution < 1.29 is 14.6 Å². The Morgan fingerprint density at radius 1 is 1.62 bits per heavy atom. The third-order valence-corrected chi connectivity index (χ3v) is 1.38. The van der Waals surface area contributed by atoms with Crippen LogP contribution in [-0.2, 0) is 0 Å². The van der Waals surface area contributed by atoms with Crippen molar-refractivity contribution in [1.82, 2.24) is 0 Å². The SMILES string of the molecule is Cl.NCC(O)c1cc(=O)c(O)co1. The molecule has 1 unspecified atom stereocenters. The maximum Gasteiger partial charge on any atom is 0.226 e. The van der Waals surface area contributed by atoms with Gasteiger partial charge in [-0.15, -0.1) is 12.4 Å². The van der Waals surface area contributed by atoms with E-state index in [0.717, 1.165) is 12.3 Å². The van der Waals surface area contributed by atoms with Gasteiger partial charge in [-0.2, -0.15) is 0 Å². The van der Waals surface area contributed by atoms with Gasteiger partial charge in [0.1, 0.15) is 18.1 Å². The van der Waals surface area contributed by atoms with Gasteiger partial charge in [-0.3, -0.25) is 4.79 Å². The van der Waals surface area contributed by atoms with Crippen molar-refractivity contribution >= 4 is 12.4 Å². The van der Waals surface area contributed by atoms with Gasteiger partial charge in [-0.05, 0) is 0 Å². The molecular weight excluding hydrogens is 198 g/mol. The van der Waals surface area contributed by atoms with Crippen molar-refractivity contribution in [2.24, 2.45) is 5.73 Å². The summed E-state index contributed by atoms with van der Waals surface area (Å²) in [4.78, 5) is 10.8. The minimum atomic E-state index is -1.00. The molecule has 0 bridgehead atoms. The first-order valence-electron chi connectivity index (χ1n) is 3.35. The van der Waals surface area contributed by atoms with E-state index in [1.165, 1.54) is 0 Å². The van der Waals surface area contributed by atoms with Gasteiger partial charge < -0.3 is 20.4 Å². The molecular formula is C7H10ClNO4. The summed E-state index contributed by atoms with van der Waals surface area (Å²) in [6.45, 7) is -0.0340. The number of halogens is 1. The summed E-state index contributed by atoms with van der Waals surface area (Å²) in [5, 5.41) is 17.9. The molecule has 0 spiro atoms. The molecule has 5 nitrogen and oxygen atoms in total. The van der Waals surface area contributed by atoms with Crippen LogP contribution < -0.4 is 11.2 Å². The Bertz CT molecular complexity index is 325. The molecule has 0 fully saturated rings. The highest BCUT2D eigenvalue weighted by molar-refractivity contribution is 5.85. The Kier molecular flexibility index (Phi) is 4.47. The summed E-state index contributed by atoms with van der Waals surface area (Å²) >= 11 is 0. The van der Waals surface area contributed by atoms with E-state index < -0.39 is 17.3 Å². The summed E-state index contributed by atoms with van der Waals surface area (Å²) < 4.78 is 4.71. The van der Waals surface area contributed by atoms with Crippen LogP contribution in [-0.4, -0.2) is 16.8 Å². The molecule has 74 valence electrons. The zero-order valence-electron chi connectivity index (χ0n) is 6.64. The van der Waals surface area contributed by atoms with E-state index >= 15 is 0 Å². The van der Waals surface area contributed by atoms with E-state index in [0.29, 0.717) is 0 Å². The van der Waals surface area contributed by atoms with E-state index in [4.69, 9.17) is 20.4 Å². The average molecular weight is 208 g/mol. The van der Waals surface area contributed by atoms with E-state index in [1.54, 1.807) is 0 Å². The molecule has 0 aliphatic heterocycles. The number of aliphatic hydroxyl groups excluding tert-OH is 1. The van der Waals surface area contributed by atoms with Gasteiger partial charge in [0.25, 0.3) is 0 Å². The second-order valence-corrected chi connectivity index (χ2v) is 2.28. The Hall–Kier alpha value is -1.04. The van der Waals surface area contributed by atoms with E-state index in [9.17, 15) is 4.79 Å². The van der Waals surface area contributed by atoms with Crippen molar-refractivity contribution in [3.05, 3.63) is 28.3 Å². The van der Waals surface area contributed by atoms with Crippen molar-refractivity contribution in [1.29, 1.82) is 0 Å².